The van der Waals surface area contributed by atoms with Gasteiger partial charge in [-0.3, -0.25) is 4.79 Å². The van der Waals surface area contributed by atoms with Gasteiger partial charge in [0, 0.05) is 11.8 Å². The van der Waals surface area contributed by atoms with E-state index in [1.165, 1.54) is 5.56 Å². The van der Waals surface area contributed by atoms with Crippen LogP contribution in [0.2, 0.25) is 0 Å². The summed E-state index contributed by atoms with van der Waals surface area (Å²) in [5, 5.41) is 0. The normalized spacial score (nSPS) is 27.2. The minimum atomic E-state index is -0.0989. The molecule has 1 aromatic carbocycles. The van der Waals surface area contributed by atoms with E-state index in [9.17, 15) is 4.79 Å². The molecule has 1 nitrogen and oxygen atoms in total. The molecule has 66 valence electrons. The Labute approximate surface area is 78.1 Å². The number of carbonyl (C=O) groups excluding carboxylic acids is 1. The van der Waals surface area contributed by atoms with Crippen LogP contribution in [-0.2, 0) is 10.2 Å². The third kappa shape index (κ3) is 1.04. The molecule has 1 fully saturated rings. The smallest absolute Gasteiger partial charge is 0.160 e. The van der Waals surface area contributed by atoms with E-state index < -0.39 is 0 Å². The largest absolute Gasteiger partial charge is 0.294 e. The Morgan fingerprint density at radius 1 is 1.31 bits per heavy atom. The Kier molecular flexibility index (Phi) is 1.62. The number of benzene rings is 1. The molecule has 0 amide bonds. The van der Waals surface area contributed by atoms with E-state index in [-0.39, 0.29) is 11.2 Å². The van der Waals surface area contributed by atoms with E-state index in [0.717, 1.165) is 5.57 Å². The van der Waals surface area contributed by atoms with Crippen LogP contribution < -0.4 is 0 Å². The molecule has 0 heterocycles. The molecule has 0 saturated heterocycles. The van der Waals surface area contributed by atoms with Gasteiger partial charge in [0.25, 0.3) is 0 Å². The molecule has 2 rings (SSSR count). The number of hydrogen-bond acceptors (Lipinski definition) is 1. The molecular weight excluding hydrogens is 160 g/mol. The minimum absolute atomic E-state index is 0.0989. The van der Waals surface area contributed by atoms with Gasteiger partial charge in [0.15, 0.2) is 5.78 Å². The first kappa shape index (κ1) is 8.24. The van der Waals surface area contributed by atoms with E-state index in [4.69, 9.17) is 0 Å². The lowest BCUT2D eigenvalue weighted by Crippen LogP contribution is -2.41. The first-order valence-electron chi connectivity index (χ1n) is 4.43. The lowest BCUT2D eigenvalue weighted by atomic mass is 9.62. The lowest BCUT2D eigenvalue weighted by Gasteiger charge is -2.39. The Bertz CT molecular complexity index is 364. The third-order valence-corrected chi connectivity index (χ3v) is 2.93. The van der Waals surface area contributed by atoms with Crippen LogP contribution >= 0.6 is 0 Å². The van der Waals surface area contributed by atoms with Gasteiger partial charge in [0.05, 0.1) is 0 Å². The van der Waals surface area contributed by atoms with Crippen molar-refractivity contribution in [2.75, 3.05) is 0 Å². The number of Topliss-reactive ketones (excluding diaryl/α,β-unsaturated/α-hetero) is 1. The molecule has 0 N–H and O–H groups in total. The van der Waals surface area contributed by atoms with E-state index in [2.05, 4.69) is 25.6 Å². The van der Waals surface area contributed by atoms with E-state index in [1.807, 2.05) is 18.2 Å². The first-order valence-corrected chi connectivity index (χ1v) is 4.43. The molecule has 1 saturated carbocycles. The molecule has 1 unspecified atom stereocenters. The Hall–Kier alpha value is -1.37. The lowest BCUT2D eigenvalue weighted by molar-refractivity contribution is -0.121. The molecule has 0 bridgehead atoms. The molecule has 1 aromatic rings. The Balaban J connectivity index is 2.38. The monoisotopic (exact) mass is 172 g/mol. The van der Waals surface area contributed by atoms with Gasteiger partial charge < -0.3 is 0 Å². The highest BCUT2D eigenvalue weighted by atomic mass is 16.1. The van der Waals surface area contributed by atoms with E-state index >= 15 is 0 Å². The fourth-order valence-corrected chi connectivity index (χ4v) is 1.82. The fourth-order valence-electron chi connectivity index (χ4n) is 1.82. The summed E-state index contributed by atoms with van der Waals surface area (Å²) in [5.74, 6) is 0.200. The van der Waals surface area contributed by atoms with Gasteiger partial charge in [0.2, 0.25) is 0 Å². The molecule has 1 aliphatic carbocycles. The summed E-state index contributed by atoms with van der Waals surface area (Å²) in [5.41, 5.74) is 1.84. The highest BCUT2D eigenvalue weighted by Gasteiger charge is 2.44. The van der Waals surface area contributed by atoms with Crippen molar-refractivity contribution < 1.29 is 4.79 Å². The van der Waals surface area contributed by atoms with Gasteiger partial charge in [-0.2, -0.15) is 0 Å². The van der Waals surface area contributed by atoms with Crippen LogP contribution in [0.4, 0.5) is 0 Å². The Morgan fingerprint density at radius 3 is 2.38 bits per heavy atom. The summed E-state index contributed by atoms with van der Waals surface area (Å²) in [6, 6.07) is 10.1. The summed E-state index contributed by atoms with van der Waals surface area (Å²) < 4.78 is 0. The summed E-state index contributed by atoms with van der Waals surface area (Å²) in [7, 11) is 0. The number of allylic oxidation sites excluding steroid dienone is 1. The van der Waals surface area contributed by atoms with Crippen molar-refractivity contribution in [1.82, 2.24) is 0 Å². The van der Waals surface area contributed by atoms with Crippen molar-refractivity contribution in [3.8, 4) is 0 Å². The van der Waals surface area contributed by atoms with Crippen molar-refractivity contribution in [3.05, 3.63) is 48.0 Å². The van der Waals surface area contributed by atoms with Crippen LogP contribution in [-0.4, -0.2) is 5.78 Å². The zero-order chi connectivity index (χ0) is 9.47. The van der Waals surface area contributed by atoms with Crippen LogP contribution in [0.1, 0.15) is 18.9 Å². The topological polar surface area (TPSA) is 17.1 Å². The van der Waals surface area contributed by atoms with Crippen molar-refractivity contribution in [2.24, 2.45) is 0 Å². The fraction of sp³-hybridized carbons (Fsp3) is 0.250. The summed E-state index contributed by atoms with van der Waals surface area (Å²) in [4.78, 5) is 11.1. The Morgan fingerprint density at radius 2 is 1.92 bits per heavy atom. The zero-order valence-electron chi connectivity index (χ0n) is 7.71. The maximum absolute atomic E-state index is 11.1. The molecule has 0 aromatic heterocycles. The summed E-state index contributed by atoms with van der Waals surface area (Å²) in [6.07, 6.45) is 0.607. The van der Waals surface area contributed by atoms with Crippen LogP contribution in [0.3, 0.4) is 0 Å². The van der Waals surface area contributed by atoms with Crippen LogP contribution in [0.5, 0.6) is 0 Å². The van der Waals surface area contributed by atoms with Gasteiger partial charge >= 0.3 is 0 Å². The van der Waals surface area contributed by atoms with Gasteiger partial charge in [-0.15, -0.1) is 0 Å². The molecular formula is C12H12O. The molecule has 0 aliphatic heterocycles. The zero-order valence-corrected chi connectivity index (χ0v) is 7.71. The molecule has 1 heteroatoms. The second-order valence-electron chi connectivity index (χ2n) is 3.78. The molecule has 13 heavy (non-hydrogen) atoms. The van der Waals surface area contributed by atoms with Gasteiger partial charge in [-0.1, -0.05) is 43.8 Å². The van der Waals surface area contributed by atoms with Crippen LogP contribution in [0, 0.1) is 0 Å². The van der Waals surface area contributed by atoms with E-state index in [1.54, 1.807) is 0 Å². The summed E-state index contributed by atoms with van der Waals surface area (Å²) in [6.45, 7) is 5.90. The molecule has 1 atom stereocenters. The van der Waals surface area contributed by atoms with Crippen LogP contribution in [0.15, 0.2) is 42.5 Å². The quantitative estimate of drug-likeness (QED) is 0.595. The maximum atomic E-state index is 11.1. The third-order valence-electron chi connectivity index (χ3n) is 2.93. The van der Waals surface area contributed by atoms with Crippen molar-refractivity contribution in [2.45, 2.75) is 18.8 Å². The number of hydrogen-bond donors (Lipinski definition) is 0. The molecule has 0 radical (unpaired) electrons. The maximum Gasteiger partial charge on any atom is 0.160 e. The van der Waals surface area contributed by atoms with Gasteiger partial charge in [-0.25, -0.2) is 0 Å². The van der Waals surface area contributed by atoms with E-state index in [0.29, 0.717) is 6.42 Å². The summed E-state index contributed by atoms with van der Waals surface area (Å²) >= 11 is 0. The van der Waals surface area contributed by atoms with Crippen LogP contribution in [0.25, 0.3) is 0 Å². The SMILES string of the molecule is C=C1C(=O)CC1(C)c1ccccc1. The van der Waals surface area contributed by atoms with Gasteiger partial charge in [-0.05, 0) is 11.1 Å². The highest BCUT2D eigenvalue weighted by molar-refractivity contribution is 6.05. The minimum Gasteiger partial charge on any atom is -0.294 e. The predicted molar refractivity (Wildman–Crippen MR) is 52.6 cm³/mol. The predicted octanol–water partition coefficient (Wildman–Crippen LogP) is 2.47. The van der Waals surface area contributed by atoms with Crippen molar-refractivity contribution in [1.29, 1.82) is 0 Å². The molecule has 0 spiro atoms. The number of ketones is 1. The highest BCUT2D eigenvalue weighted by Crippen LogP contribution is 2.44. The van der Waals surface area contributed by atoms with Crippen molar-refractivity contribution in [3.63, 3.8) is 0 Å². The molecule has 1 aliphatic rings. The van der Waals surface area contributed by atoms with Gasteiger partial charge in [0.1, 0.15) is 0 Å². The number of carbonyl (C=O) groups is 1. The average Bonchev–Trinajstić information content (AvgIpc) is 2.19. The second kappa shape index (κ2) is 2.56. The first-order chi connectivity index (χ1) is 6.14. The number of rotatable bonds is 1. The second-order valence-corrected chi connectivity index (χ2v) is 3.78. The average molecular weight is 172 g/mol. The van der Waals surface area contributed by atoms with Crippen molar-refractivity contribution >= 4 is 5.78 Å². The standard InChI is InChI=1S/C12H12O/c1-9-11(13)8-12(9,2)10-6-4-3-5-7-10/h3-7H,1,8H2,2H3.